The maximum absolute atomic E-state index is 6.22. The molecule has 0 atom stereocenters. The lowest BCUT2D eigenvalue weighted by Gasteiger charge is -2.44. The van der Waals surface area contributed by atoms with Crippen molar-refractivity contribution in [3.8, 4) is 0 Å². The molecule has 2 aliphatic rings. The Morgan fingerprint density at radius 1 is 1.19 bits per heavy atom. The second-order valence-corrected chi connectivity index (χ2v) is 7.34. The quantitative estimate of drug-likeness (QED) is 0.812. The second kappa shape index (κ2) is 6.28. The van der Waals surface area contributed by atoms with Crippen LogP contribution in [0, 0.1) is 6.92 Å². The standard InChI is InChI=1S/C18H26ClNO/c1-14-3-4-15(19)13-17(14)18(2)7-9-20(10-8-18)16-5-11-21-12-6-16/h3-4,13,16H,5-12H2,1-2H3. The highest BCUT2D eigenvalue weighted by atomic mass is 35.5. The van der Waals surface area contributed by atoms with Crippen molar-refractivity contribution in [1.82, 2.24) is 4.90 Å². The lowest BCUT2D eigenvalue weighted by Crippen LogP contribution is -2.47. The Kier molecular flexibility index (Phi) is 4.58. The van der Waals surface area contributed by atoms with Crippen molar-refractivity contribution in [2.75, 3.05) is 26.3 Å². The summed E-state index contributed by atoms with van der Waals surface area (Å²) >= 11 is 6.22. The summed E-state index contributed by atoms with van der Waals surface area (Å²) < 4.78 is 5.49. The molecule has 1 aromatic rings. The van der Waals surface area contributed by atoms with Crippen molar-refractivity contribution in [2.24, 2.45) is 0 Å². The van der Waals surface area contributed by atoms with Gasteiger partial charge in [-0.15, -0.1) is 0 Å². The third-order valence-electron chi connectivity index (χ3n) is 5.46. The van der Waals surface area contributed by atoms with Crippen LogP contribution in [0.5, 0.6) is 0 Å². The van der Waals surface area contributed by atoms with Crippen LogP contribution in [0.3, 0.4) is 0 Å². The smallest absolute Gasteiger partial charge is 0.0480 e. The van der Waals surface area contributed by atoms with Crippen molar-refractivity contribution >= 4 is 11.6 Å². The molecule has 3 rings (SSSR count). The van der Waals surface area contributed by atoms with Gasteiger partial charge in [0.25, 0.3) is 0 Å². The summed E-state index contributed by atoms with van der Waals surface area (Å²) in [7, 11) is 0. The number of piperidine rings is 1. The van der Waals surface area contributed by atoms with Crippen LogP contribution in [-0.2, 0) is 10.2 Å². The minimum atomic E-state index is 0.274. The highest BCUT2D eigenvalue weighted by Crippen LogP contribution is 2.38. The first-order chi connectivity index (χ1) is 10.1. The number of halogens is 1. The summed E-state index contributed by atoms with van der Waals surface area (Å²) in [5.74, 6) is 0. The monoisotopic (exact) mass is 307 g/mol. The van der Waals surface area contributed by atoms with E-state index in [1.165, 1.54) is 49.9 Å². The number of hydrogen-bond donors (Lipinski definition) is 0. The first-order valence-corrected chi connectivity index (χ1v) is 8.55. The fourth-order valence-corrected chi connectivity index (χ4v) is 4.12. The van der Waals surface area contributed by atoms with Crippen LogP contribution in [-0.4, -0.2) is 37.2 Å². The molecule has 0 amide bonds. The average molecular weight is 308 g/mol. The van der Waals surface area contributed by atoms with Gasteiger partial charge in [0.1, 0.15) is 0 Å². The number of nitrogens with zero attached hydrogens (tertiary/aromatic N) is 1. The van der Waals surface area contributed by atoms with E-state index in [0.29, 0.717) is 0 Å². The van der Waals surface area contributed by atoms with Gasteiger partial charge >= 0.3 is 0 Å². The average Bonchev–Trinajstić information content (AvgIpc) is 2.51. The highest BCUT2D eigenvalue weighted by Gasteiger charge is 2.35. The van der Waals surface area contributed by atoms with E-state index < -0.39 is 0 Å². The van der Waals surface area contributed by atoms with Gasteiger partial charge in [-0.1, -0.05) is 24.6 Å². The predicted molar refractivity (Wildman–Crippen MR) is 88.2 cm³/mol. The van der Waals surface area contributed by atoms with Gasteiger partial charge in [0.2, 0.25) is 0 Å². The van der Waals surface area contributed by atoms with Crippen molar-refractivity contribution in [3.05, 3.63) is 34.3 Å². The number of hydrogen-bond acceptors (Lipinski definition) is 2. The SMILES string of the molecule is Cc1ccc(Cl)cc1C1(C)CCN(C2CCOCC2)CC1. The zero-order chi connectivity index (χ0) is 14.9. The zero-order valence-corrected chi connectivity index (χ0v) is 14.0. The molecule has 2 fully saturated rings. The molecule has 0 aliphatic carbocycles. The lowest BCUT2D eigenvalue weighted by molar-refractivity contribution is 0.0186. The maximum Gasteiger partial charge on any atom is 0.0480 e. The molecule has 0 unspecified atom stereocenters. The molecule has 0 aromatic heterocycles. The number of ether oxygens (including phenoxy) is 1. The van der Waals surface area contributed by atoms with Gasteiger partial charge in [0.05, 0.1) is 0 Å². The van der Waals surface area contributed by atoms with Gasteiger partial charge in [-0.25, -0.2) is 0 Å². The first-order valence-electron chi connectivity index (χ1n) is 8.17. The van der Waals surface area contributed by atoms with E-state index in [2.05, 4.69) is 30.9 Å². The molecule has 2 heterocycles. The summed E-state index contributed by atoms with van der Waals surface area (Å²) in [5, 5.41) is 0.865. The van der Waals surface area contributed by atoms with E-state index >= 15 is 0 Å². The molecule has 0 bridgehead atoms. The highest BCUT2D eigenvalue weighted by molar-refractivity contribution is 6.30. The van der Waals surface area contributed by atoms with Gasteiger partial charge in [-0.05, 0) is 74.4 Å². The molecule has 1 aromatic carbocycles. The Balaban J connectivity index is 1.70. The number of aryl methyl sites for hydroxylation is 1. The molecular weight excluding hydrogens is 282 g/mol. The van der Waals surface area contributed by atoms with Gasteiger partial charge in [0.15, 0.2) is 0 Å². The molecule has 0 saturated carbocycles. The van der Waals surface area contributed by atoms with Crippen molar-refractivity contribution in [3.63, 3.8) is 0 Å². The van der Waals surface area contributed by atoms with Gasteiger partial charge < -0.3 is 9.64 Å². The maximum atomic E-state index is 6.22. The zero-order valence-electron chi connectivity index (χ0n) is 13.2. The van der Waals surface area contributed by atoms with Crippen LogP contribution in [0.4, 0.5) is 0 Å². The van der Waals surface area contributed by atoms with Gasteiger partial charge in [-0.2, -0.15) is 0 Å². The van der Waals surface area contributed by atoms with E-state index in [1.54, 1.807) is 0 Å². The Hall–Kier alpha value is -0.570. The van der Waals surface area contributed by atoms with Crippen molar-refractivity contribution < 1.29 is 4.74 Å². The van der Waals surface area contributed by atoms with E-state index in [0.717, 1.165) is 24.3 Å². The molecule has 0 N–H and O–H groups in total. The summed E-state index contributed by atoms with van der Waals surface area (Å²) in [4.78, 5) is 2.68. The molecule has 2 aliphatic heterocycles. The fraction of sp³-hybridized carbons (Fsp3) is 0.667. The Morgan fingerprint density at radius 2 is 1.86 bits per heavy atom. The number of benzene rings is 1. The lowest BCUT2D eigenvalue weighted by atomic mass is 9.72. The normalized spacial score (nSPS) is 24.1. The van der Waals surface area contributed by atoms with Gasteiger partial charge in [-0.3, -0.25) is 0 Å². The van der Waals surface area contributed by atoms with Crippen molar-refractivity contribution in [1.29, 1.82) is 0 Å². The summed E-state index contributed by atoms with van der Waals surface area (Å²) in [6.07, 6.45) is 4.86. The third kappa shape index (κ3) is 3.28. The minimum absolute atomic E-state index is 0.274. The van der Waals surface area contributed by atoms with E-state index in [1.807, 2.05) is 6.07 Å². The molecule has 2 nitrogen and oxygen atoms in total. The topological polar surface area (TPSA) is 12.5 Å². The van der Waals surface area contributed by atoms with Crippen molar-refractivity contribution in [2.45, 2.75) is 51.0 Å². The van der Waals surface area contributed by atoms with E-state index in [-0.39, 0.29) is 5.41 Å². The molecular formula is C18H26ClNO. The van der Waals surface area contributed by atoms with Crippen LogP contribution in [0.1, 0.15) is 43.7 Å². The van der Waals surface area contributed by atoms with E-state index in [9.17, 15) is 0 Å². The Labute approximate surface area is 133 Å². The third-order valence-corrected chi connectivity index (χ3v) is 5.69. The second-order valence-electron chi connectivity index (χ2n) is 6.90. The van der Waals surface area contributed by atoms with Crippen LogP contribution in [0.2, 0.25) is 5.02 Å². The molecule has 0 radical (unpaired) electrons. The van der Waals surface area contributed by atoms with E-state index in [4.69, 9.17) is 16.3 Å². The Morgan fingerprint density at radius 3 is 2.52 bits per heavy atom. The summed E-state index contributed by atoms with van der Waals surface area (Å²) in [6.45, 7) is 8.90. The predicted octanol–water partition coefficient (Wildman–Crippen LogP) is 4.18. The molecule has 3 heteroatoms. The fourth-order valence-electron chi connectivity index (χ4n) is 3.95. The summed E-state index contributed by atoms with van der Waals surface area (Å²) in [6, 6.07) is 7.08. The van der Waals surface area contributed by atoms with Crippen LogP contribution in [0.25, 0.3) is 0 Å². The largest absolute Gasteiger partial charge is 0.381 e. The molecule has 116 valence electrons. The summed E-state index contributed by atoms with van der Waals surface area (Å²) in [5.41, 5.74) is 3.10. The first kappa shape index (κ1) is 15.3. The van der Waals surface area contributed by atoms with Crippen LogP contribution in [0.15, 0.2) is 18.2 Å². The van der Waals surface area contributed by atoms with Crippen LogP contribution < -0.4 is 0 Å². The molecule has 0 spiro atoms. The molecule has 21 heavy (non-hydrogen) atoms. The van der Waals surface area contributed by atoms with Crippen LogP contribution >= 0.6 is 11.6 Å². The minimum Gasteiger partial charge on any atom is -0.381 e. The Bertz CT molecular complexity index is 488. The number of likely N-dealkylation sites (tertiary alicyclic amines) is 1. The van der Waals surface area contributed by atoms with Gasteiger partial charge in [0, 0.05) is 24.3 Å². The number of rotatable bonds is 2. The molecule has 2 saturated heterocycles.